The Morgan fingerprint density at radius 2 is 2.36 bits per heavy atom. The minimum atomic E-state index is 0.727. The highest BCUT2D eigenvalue weighted by atomic mass is 35.5. The molecule has 1 heterocycles. The van der Waals surface area contributed by atoms with Crippen molar-refractivity contribution in [3.05, 3.63) is 28.1 Å². The summed E-state index contributed by atoms with van der Waals surface area (Å²) in [4.78, 5) is 11.9. The second-order valence-corrected chi connectivity index (χ2v) is 4.93. The van der Waals surface area contributed by atoms with Crippen molar-refractivity contribution in [3.8, 4) is 0 Å². The van der Waals surface area contributed by atoms with E-state index in [0.29, 0.717) is 0 Å². The standard InChI is InChI=1S/C10H7ClOS2/c1-13-9-4-8(11)10-6(2-3-14-10)7(9)5-12/h2-5H,1H3. The molecule has 72 valence electrons. The number of rotatable bonds is 2. The van der Waals surface area contributed by atoms with Gasteiger partial charge in [0.2, 0.25) is 0 Å². The average Bonchev–Trinajstić information content (AvgIpc) is 2.66. The topological polar surface area (TPSA) is 17.1 Å². The van der Waals surface area contributed by atoms with Gasteiger partial charge >= 0.3 is 0 Å². The molecule has 0 saturated carbocycles. The normalized spacial score (nSPS) is 10.7. The first-order valence-electron chi connectivity index (χ1n) is 3.96. The van der Waals surface area contributed by atoms with E-state index >= 15 is 0 Å². The van der Waals surface area contributed by atoms with Crippen molar-refractivity contribution in [3.63, 3.8) is 0 Å². The van der Waals surface area contributed by atoms with Crippen molar-refractivity contribution in [2.24, 2.45) is 0 Å². The molecule has 1 aromatic carbocycles. The van der Waals surface area contributed by atoms with E-state index in [0.717, 1.165) is 31.9 Å². The summed E-state index contributed by atoms with van der Waals surface area (Å²) in [7, 11) is 0. The molecule has 1 aromatic heterocycles. The maximum Gasteiger partial charge on any atom is 0.151 e. The lowest BCUT2D eigenvalue weighted by Crippen LogP contribution is -1.85. The smallest absolute Gasteiger partial charge is 0.151 e. The number of hydrogen-bond donors (Lipinski definition) is 0. The molecular weight excluding hydrogens is 236 g/mol. The van der Waals surface area contributed by atoms with Crippen LogP contribution < -0.4 is 0 Å². The van der Waals surface area contributed by atoms with Gasteiger partial charge in [0.05, 0.1) is 9.72 Å². The number of carbonyl (C=O) groups excluding carboxylic acids is 1. The minimum Gasteiger partial charge on any atom is -0.298 e. The van der Waals surface area contributed by atoms with Gasteiger partial charge in [0, 0.05) is 15.8 Å². The van der Waals surface area contributed by atoms with Gasteiger partial charge < -0.3 is 0 Å². The van der Waals surface area contributed by atoms with Crippen LogP contribution in [0.15, 0.2) is 22.4 Å². The van der Waals surface area contributed by atoms with E-state index in [-0.39, 0.29) is 0 Å². The van der Waals surface area contributed by atoms with Crippen molar-refractivity contribution in [1.29, 1.82) is 0 Å². The molecule has 0 radical (unpaired) electrons. The fourth-order valence-electron chi connectivity index (χ4n) is 1.39. The third kappa shape index (κ3) is 1.45. The molecule has 0 spiro atoms. The van der Waals surface area contributed by atoms with E-state index in [1.165, 1.54) is 0 Å². The van der Waals surface area contributed by atoms with Gasteiger partial charge in [0.25, 0.3) is 0 Å². The molecule has 0 bridgehead atoms. The zero-order valence-corrected chi connectivity index (χ0v) is 9.80. The second kappa shape index (κ2) is 3.93. The molecule has 0 aliphatic heterocycles. The lowest BCUT2D eigenvalue weighted by atomic mass is 10.1. The van der Waals surface area contributed by atoms with E-state index in [9.17, 15) is 4.79 Å². The summed E-state index contributed by atoms with van der Waals surface area (Å²) in [6, 6.07) is 3.80. The molecule has 0 atom stereocenters. The molecule has 4 heteroatoms. The monoisotopic (exact) mass is 242 g/mol. The van der Waals surface area contributed by atoms with E-state index in [2.05, 4.69) is 0 Å². The van der Waals surface area contributed by atoms with E-state index in [1.54, 1.807) is 23.1 Å². The van der Waals surface area contributed by atoms with Crippen LogP contribution >= 0.6 is 34.7 Å². The molecule has 1 nitrogen and oxygen atoms in total. The maximum absolute atomic E-state index is 11.0. The van der Waals surface area contributed by atoms with Gasteiger partial charge in [-0.1, -0.05) is 11.6 Å². The largest absolute Gasteiger partial charge is 0.298 e. The summed E-state index contributed by atoms with van der Waals surface area (Å²) < 4.78 is 0.992. The first-order valence-corrected chi connectivity index (χ1v) is 6.45. The SMILES string of the molecule is CSc1cc(Cl)c2sccc2c1C=O. The Bertz CT molecular complexity index is 490. The number of fused-ring (bicyclic) bond motifs is 1. The van der Waals surface area contributed by atoms with Crippen LogP contribution in [-0.4, -0.2) is 12.5 Å². The Kier molecular flexibility index (Phi) is 2.81. The summed E-state index contributed by atoms with van der Waals surface area (Å²) in [5.74, 6) is 0. The average molecular weight is 243 g/mol. The third-order valence-corrected chi connectivity index (χ3v) is 4.17. The van der Waals surface area contributed by atoms with Crippen molar-refractivity contribution in [1.82, 2.24) is 0 Å². The van der Waals surface area contributed by atoms with Gasteiger partial charge in [0.1, 0.15) is 0 Å². The zero-order valence-electron chi connectivity index (χ0n) is 7.41. The van der Waals surface area contributed by atoms with Crippen molar-refractivity contribution < 1.29 is 4.79 Å². The fraction of sp³-hybridized carbons (Fsp3) is 0.100. The molecule has 0 saturated heterocycles. The first kappa shape index (κ1) is 10.0. The molecule has 14 heavy (non-hydrogen) atoms. The highest BCUT2D eigenvalue weighted by molar-refractivity contribution is 7.98. The van der Waals surface area contributed by atoms with Gasteiger partial charge in [-0.2, -0.15) is 0 Å². The first-order chi connectivity index (χ1) is 6.77. The van der Waals surface area contributed by atoms with Crippen LogP contribution in [0.3, 0.4) is 0 Å². The summed E-state index contributed by atoms with van der Waals surface area (Å²) in [6.07, 6.45) is 2.84. The molecule has 0 aliphatic rings. The van der Waals surface area contributed by atoms with Gasteiger partial charge in [-0.15, -0.1) is 23.1 Å². The second-order valence-electron chi connectivity index (χ2n) is 2.76. The summed E-state index contributed by atoms with van der Waals surface area (Å²) in [5.41, 5.74) is 0.748. The Labute approximate surface area is 95.1 Å². The van der Waals surface area contributed by atoms with Gasteiger partial charge in [-0.05, 0) is 23.8 Å². The number of hydrogen-bond acceptors (Lipinski definition) is 3. The van der Waals surface area contributed by atoms with E-state index < -0.39 is 0 Å². The van der Waals surface area contributed by atoms with Gasteiger partial charge in [0.15, 0.2) is 6.29 Å². The summed E-state index contributed by atoms with van der Waals surface area (Å²) >= 11 is 9.20. The lowest BCUT2D eigenvalue weighted by molar-refractivity contribution is 0.112. The van der Waals surface area contributed by atoms with E-state index in [1.807, 2.05) is 23.8 Å². The highest BCUT2D eigenvalue weighted by Crippen LogP contribution is 2.36. The van der Waals surface area contributed by atoms with Gasteiger partial charge in [-0.3, -0.25) is 4.79 Å². The third-order valence-electron chi connectivity index (χ3n) is 2.03. The van der Waals surface area contributed by atoms with E-state index in [4.69, 9.17) is 11.6 Å². The van der Waals surface area contributed by atoms with Crippen LogP contribution in [0, 0.1) is 0 Å². The molecule has 0 fully saturated rings. The van der Waals surface area contributed by atoms with Crippen LogP contribution in [0.1, 0.15) is 10.4 Å². The number of benzene rings is 1. The van der Waals surface area contributed by atoms with Crippen LogP contribution in [0.2, 0.25) is 5.02 Å². The number of halogens is 1. The molecule has 2 rings (SSSR count). The Morgan fingerprint density at radius 3 is 3.00 bits per heavy atom. The lowest BCUT2D eigenvalue weighted by Gasteiger charge is -2.04. The van der Waals surface area contributed by atoms with Crippen LogP contribution in [-0.2, 0) is 0 Å². The van der Waals surface area contributed by atoms with Gasteiger partial charge in [-0.25, -0.2) is 0 Å². The maximum atomic E-state index is 11.0. The molecular formula is C10H7ClOS2. The fourth-order valence-corrected chi connectivity index (χ4v) is 3.23. The molecule has 0 unspecified atom stereocenters. The van der Waals surface area contributed by atoms with Crippen LogP contribution in [0.25, 0.3) is 10.1 Å². The molecule has 0 N–H and O–H groups in total. The zero-order chi connectivity index (χ0) is 10.1. The van der Waals surface area contributed by atoms with Crippen molar-refractivity contribution in [2.75, 3.05) is 6.26 Å². The molecule has 0 amide bonds. The number of thiophene rings is 1. The number of carbonyl (C=O) groups is 1. The summed E-state index contributed by atoms with van der Waals surface area (Å²) in [6.45, 7) is 0. The Hall–Kier alpha value is -0.510. The van der Waals surface area contributed by atoms with Crippen molar-refractivity contribution >= 4 is 51.1 Å². The van der Waals surface area contributed by atoms with Crippen molar-refractivity contribution in [2.45, 2.75) is 4.90 Å². The Morgan fingerprint density at radius 1 is 1.57 bits per heavy atom. The quantitative estimate of drug-likeness (QED) is 0.583. The highest BCUT2D eigenvalue weighted by Gasteiger charge is 2.10. The molecule has 2 aromatic rings. The van der Waals surface area contributed by atoms with Crippen LogP contribution in [0.5, 0.6) is 0 Å². The number of thioether (sulfide) groups is 1. The predicted molar refractivity (Wildman–Crippen MR) is 64.0 cm³/mol. The number of aldehydes is 1. The van der Waals surface area contributed by atoms with Crippen LogP contribution in [0.4, 0.5) is 0 Å². The summed E-state index contributed by atoms with van der Waals surface area (Å²) in [5, 5.41) is 3.64. The predicted octanol–water partition coefficient (Wildman–Crippen LogP) is 4.09. The Balaban J connectivity index is 2.88. The molecule has 0 aliphatic carbocycles. The minimum absolute atomic E-state index is 0.727.